The molecule has 1 aliphatic heterocycles. The van der Waals surface area contributed by atoms with Crippen molar-refractivity contribution in [3.63, 3.8) is 0 Å². The molecule has 0 saturated heterocycles. The van der Waals surface area contributed by atoms with Gasteiger partial charge in [0.25, 0.3) is 0 Å². The van der Waals surface area contributed by atoms with Crippen LogP contribution in [-0.4, -0.2) is 11.5 Å². The zero-order valence-corrected chi connectivity index (χ0v) is 12.5. The molecule has 2 heterocycles. The second kappa shape index (κ2) is 4.97. The second-order valence-electron chi connectivity index (χ2n) is 6.52. The highest BCUT2D eigenvalue weighted by Crippen LogP contribution is 2.29. The summed E-state index contributed by atoms with van der Waals surface area (Å²) >= 11 is 0. The van der Waals surface area contributed by atoms with Gasteiger partial charge < -0.3 is 9.32 Å². The minimum Gasteiger partial charge on any atom is -0.443 e. The monoisotopic (exact) mass is 270 g/mol. The summed E-state index contributed by atoms with van der Waals surface area (Å²) in [6, 6.07) is 8.64. The van der Waals surface area contributed by atoms with Gasteiger partial charge in [-0.3, -0.25) is 0 Å². The summed E-state index contributed by atoms with van der Waals surface area (Å²) < 4.78 is 5.91. The second-order valence-corrected chi connectivity index (χ2v) is 6.52. The Labute approximate surface area is 120 Å². The molecule has 0 unspecified atom stereocenters. The lowest BCUT2D eigenvalue weighted by atomic mass is 9.94. The van der Waals surface area contributed by atoms with Crippen molar-refractivity contribution < 1.29 is 4.42 Å². The molecule has 0 bridgehead atoms. The van der Waals surface area contributed by atoms with Crippen molar-refractivity contribution in [2.45, 2.75) is 45.6 Å². The number of rotatable bonds is 2. The highest BCUT2D eigenvalue weighted by molar-refractivity contribution is 5.55. The van der Waals surface area contributed by atoms with Crippen LogP contribution in [0.25, 0.3) is 0 Å². The number of fused-ring (bicyclic) bond motifs is 1. The van der Waals surface area contributed by atoms with E-state index in [1.165, 1.54) is 24.1 Å². The molecule has 1 aromatic carbocycles. The van der Waals surface area contributed by atoms with Crippen LogP contribution in [0.1, 0.15) is 44.4 Å². The molecule has 0 atom stereocenters. The Kier molecular flexibility index (Phi) is 3.28. The van der Waals surface area contributed by atoms with Crippen LogP contribution in [0.15, 0.2) is 34.9 Å². The van der Waals surface area contributed by atoms with Crippen LogP contribution in [0.3, 0.4) is 0 Å². The van der Waals surface area contributed by atoms with E-state index in [9.17, 15) is 0 Å². The number of anilines is 1. The molecule has 0 spiro atoms. The third-order valence-electron chi connectivity index (χ3n) is 3.83. The lowest BCUT2D eigenvalue weighted by Crippen LogP contribution is -2.28. The molecule has 1 aliphatic rings. The van der Waals surface area contributed by atoms with Gasteiger partial charge in [-0.25, -0.2) is 4.98 Å². The van der Waals surface area contributed by atoms with Gasteiger partial charge in [-0.2, -0.15) is 0 Å². The van der Waals surface area contributed by atoms with Crippen LogP contribution >= 0.6 is 0 Å². The van der Waals surface area contributed by atoms with Crippen LogP contribution in [0, 0.1) is 0 Å². The first-order chi connectivity index (χ1) is 9.54. The summed E-state index contributed by atoms with van der Waals surface area (Å²) in [5.41, 5.74) is 2.78. The lowest BCUT2D eigenvalue weighted by Gasteiger charge is -2.30. The summed E-state index contributed by atoms with van der Waals surface area (Å²) in [7, 11) is 0. The van der Waals surface area contributed by atoms with E-state index >= 15 is 0 Å². The minimum atomic E-state index is 0.0189. The van der Waals surface area contributed by atoms with Crippen molar-refractivity contribution in [2.24, 2.45) is 0 Å². The number of hydrogen-bond donors (Lipinski definition) is 0. The molecule has 106 valence electrons. The minimum absolute atomic E-state index is 0.0189. The van der Waals surface area contributed by atoms with Gasteiger partial charge in [0.1, 0.15) is 5.76 Å². The van der Waals surface area contributed by atoms with Gasteiger partial charge in [0.05, 0.1) is 12.7 Å². The van der Waals surface area contributed by atoms with Gasteiger partial charge in [-0.05, 0) is 24.5 Å². The number of oxazole rings is 1. The first kappa shape index (κ1) is 13.2. The Morgan fingerprint density at radius 3 is 2.80 bits per heavy atom. The molecule has 1 aromatic heterocycles. The average molecular weight is 270 g/mol. The lowest BCUT2D eigenvalue weighted by molar-refractivity contribution is 0.379. The van der Waals surface area contributed by atoms with Crippen LogP contribution in [0.5, 0.6) is 0 Å². The maximum absolute atomic E-state index is 5.91. The summed E-state index contributed by atoms with van der Waals surface area (Å²) in [4.78, 5) is 6.81. The third-order valence-corrected chi connectivity index (χ3v) is 3.83. The van der Waals surface area contributed by atoms with Crippen molar-refractivity contribution in [1.29, 1.82) is 0 Å². The Morgan fingerprint density at radius 2 is 2.05 bits per heavy atom. The average Bonchev–Trinajstić information content (AvgIpc) is 2.88. The summed E-state index contributed by atoms with van der Waals surface area (Å²) in [6.07, 6.45) is 4.24. The fraction of sp³-hybridized carbons (Fsp3) is 0.471. The van der Waals surface area contributed by atoms with E-state index in [2.05, 4.69) is 54.9 Å². The smallest absolute Gasteiger partial charge is 0.213 e. The predicted octanol–water partition coefficient (Wildman–Crippen LogP) is 3.92. The third kappa shape index (κ3) is 2.58. The van der Waals surface area contributed by atoms with E-state index in [-0.39, 0.29) is 5.41 Å². The van der Waals surface area contributed by atoms with Gasteiger partial charge in [0, 0.05) is 17.6 Å². The molecule has 3 nitrogen and oxygen atoms in total. The molecule has 0 radical (unpaired) electrons. The molecular weight excluding hydrogens is 248 g/mol. The van der Waals surface area contributed by atoms with Crippen molar-refractivity contribution in [1.82, 2.24) is 4.98 Å². The molecule has 0 amide bonds. The molecule has 0 aliphatic carbocycles. The first-order valence-electron chi connectivity index (χ1n) is 7.32. The zero-order chi connectivity index (χ0) is 14.2. The topological polar surface area (TPSA) is 29.3 Å². The van der Waals surface area contributed by atoms with Crippen LogP contribution in [-0.2, 0) is 18.4 Å². The summed E-state index contributed by atoms with van der Waals surface area (Å²) in [5.74, 6) is 1.77. The van der Waals surface area contributed by atoms with Crippen molar-refractivity contribution in [2.75, 3.05) is 11.4 Å². The number of aromatic nitrogens is 1. The van der Waals surface area contributed by atoms with E-state index < -0.39 is 0 Å². The largest absolute Gasteiger partial charge is 0.443 e. The highest BCUT2D eigenvalue weighted by atomic mass is 16.4. The zero-order valence-electron chi connectivity index (χ0n) is 12.5. The fourth-order valence-electron chi connectivity index (χ4n) is 2.67. The Balaban J connectivity index is 1.81. The van der Waals surface area contributed by atoms with E-state index in [0.29, 0.717) is 0 Å². The fourth-order valence-corrected chi connectivity index (χ4v) is 2.67. The van der Waals surface area contributed by atoms with Gasteiger partial charge in [-0.15, -0.1) is 0 Å². The Hall–Kier alpha value is -1.77. The first-order valence-corrected chi connectivity index (χ1v) is 7.32. The molecular formula is C17H22N2O. The summed E-state index contributed by atoms with van der Waals surface area (Å²) in [5, 5.41) is 0. The molecule has 0 fully saturated rings. The van der Waals surface area contributed by atoms with E-state index in [4.69, 9.17) is 4.42 Å². The number of hydrogen-bond acceptors (Lipinski definition) is 3. The van der Waals surface area contributed by atoms with Crippen LogP contribution in [0.2, 0.25) is 0 Å². The SMILES string of the molecule is CC(C)(C)c1cnc(CN2CCCc3ccccc32)o1. The quantitative estimate of drug-likeness (QED) is 0.828. The van der Waals surface area contributed by atoms with E-state index in [0.717, 1.165) is 24.7 Å². The van der Waals surface area contributed by atoms with E-state index in [1.807, 2.05) is 6.20 Å². The number of para-hydroxylation sites is 1. The van der Waals surface area contributed by atoms with Crippen LogP contribution in [0.4, 0.5) is 5.69 Å². The maximum Gasteiger partial charge on any atom is 0.213 e. The molecule has 3 rings (SSSR count). The molecule has 0 N–H and O–H groups in total. The predicted molar refractivity (Wildman–Crippen MR) is 81.0 cm³/mol. The molecule has 3 heteroatoms. The van der Waals surface area contributed by atoms with Gasteiger partial charge in [-0.1, -0.05) is 39.0 Å². The maximum atomic E-state index is 5.91. The normalized spacial score (nSPS) is 15.2. The standard InChI is InChI=1S/C17H22N2O/c1-17(2,3)15-11-18-16(20-15)12-19-10-6-8-13-7-4-5-9-14(13)19/h4-5,7,9,11H,6,8,10,12H2,1-3H3. The van der Waals surface area contributed by atoms with Crippen molar-refractivity contribution in [3.05, 3.63) is 47.7 Å². The number of benzene rings is 1. The highest BCUT2D eigenvalue weighted by Gasteiger charge is 2.22. The van der Waals surface area contributed by atoms with E-state index in [1.54, 1.807) is 0 Å². The van der Waals surface area contributed by atoms with Crippen LogP contribution < -0.4 is 4.90 Å². The molecule has 20 heavy (non-hydrogen) atoms. The van der Waals surface area contributed by atoms with Crippen molar-refractivity contribution in [3.8, 4) is 0 Å². The van der Waals surface area contributed by atoms with Gasteiger partial charge in [0.15, 0.2) is 0 Å². The van der Waals surface area contributed by atoms with Gasteiger partial charge in [0.2, 0.25) is 5.89 Å². The Bertz CT molecular complexity index is 595. The Morgan fingerprint density at radius 1 is 1.25 bits per heavy atom. The van der Waals surface area contributed by atoms with Crippen molar-refractivity contribution >= 4 is 5.69 Å². The number of aryl methyl sites for hydroxylation is 1. The molecule has 0 saturated carbocycles. The summed E-state index contributed by atoms with van der Waals surface area (Å²) in [6.45, 7) is 8.27. The molecule has 2 aromatic rings. The van der Waals surface area contributed by atoms with Gasteiger partial charge >= 0.3 is 0 Å². The number of nitrogens with zero attached hydrogens (tertiary/aromatic N) is 2.